The third-order valence-corrected chi connectivity index (χ3v) is 5.42. The Hall–Kier alpha value is -4.19. The van der Waals surface area contributed by atoms with Gasteiger partial charge in [-0.15, -0.1) is 0 Å². The number of anilines is 1. The van der Waals surface area contributed by atoms with Gasteiger partial charge in [0.05, 0.1) is 13.4 Å². The largest absolute Gasteiger partial charge is 0.497 e. The highest BCUT2D eigenvalue weighted by atomic mass is 16.5. The highest BCUT2D eigenvalue weighted by Crippen LogP contribution is 2.40. The van der Waals surface area contributed by atoms with Gasteiger partial charge >= 0.3 is 0 Å². The monoisotopic (exact) mass is 406 g/mol. The number of aromatic amines is 1. The first-order valence-corrected chi connectivity index (χ1v) is 9.92. The van der Waals surface area contributed by atoms with E-state index in [-0.39, 0.29) is 0 Å². The molecule has 2 aromatic heterocycles. The van der Waals surface area contributed by atoms with Gasteiger partial charge in [-0.05, 0) is 28.8 Å². The topological polar surface area (TPSA) is 75.7 Å². The average molecular weight is 406 g/mol. The van der Waals surface area contributed by atoms with E-state index in [4.69, 9.17) is 4.74 Å². The Labute approximate surface area is 180 Å². The molecule has 6 heteroatoms. The van der Waals surface area contributed by atoms with Crippen LogP contribution in [0, 0.1) is 6.33 Å². The highest BCUT2D eigenvalue weighted by Gasteiger charge is 2.37. The predicted molar refractivity (Wildman–Crippen MR) is 120 cm³/mol. The smallest absolute Gasteiger partial charge is 0.202 e. The third-order valence-electron chi connectivity index (χ3n) is 5.42. The van der Waals surface area contributed by atoms with Gasteiger partial charge in [-0.1, -0.05) is 72.8 Å². The van der Waals surface area contributed by atoms with Gasteiger partial charge in [0.2, 0.25) is 6.33 Å². The molecule has 31 heavy (non-hydrogen) atoms. The van der Waals surface area contributed by atoms with Crippen molar-refractivity contribution in [2.24, 2.45) is 0 Å². The third kappa shape index (κ3) is 3.28. The molecule has 1 radical (unpaired) electrons. The molecule has 0 amide bonds. The number of H-pyrrole nitrogens is 1. The zero-order valence-electron chi connectivity index (χ0n) is 16.9. The summed E-state index contributed by atoms with van der Waals surface area (Å²) in [7, 11) is 1.67. The molecule has 0 fully saturated rings. The second-order valence-corrected chi connectivity index (χ2v) is 7.11. The summed E-state index contributed by atoms with van der Waals surface area (Å²) in [6.07, 6.45) is 4.33. The van der Waals surface area contributed by atoms with Crippen LogP contribution in [-0.2, 0) is 5.54 Å². The van der Waals surface area contributed by atoms with Gasteiger partial charge < -0.3 is 15.0 Å². The van der Waals surface area contributed by atoms with Crippen LogP contribution in [-0.4, -0.2) is 27.0 Å². The number of hydrogen-bond donors (Lipinski definition) is 2. The Kier molecular flexibility index (Phi) is 4.80. The van der Waals surface area contributed by atoms with Gasteiger partial charge in [0.25, 0.3) is 0 Å². The fourth-order valence-corrected chi connectivity index (χ4v) is 3.93. The van der Waals surface area contributed by atoms with Crippen molar-refractivity contribution in [3.05, 3.63) is 114 Å². The van der Waals surface area contributed by atoms with Crippen LogP contribution in [0.2, 0.25) is 0 Å². The number of hydrogen-bond acceptors (Lipinski definition) is 5. The van der Waals surface area contributed by atoms with E-state index in [1.165, 1.54) is 0 Å². The molecule has 0 spiro atoms. The first kappa shape index (κ1) is 18.8. The maximum atomic E-state index is 5.40. The molecule has 0 saturated carbocycles. The van der Waals surface area contributed by atoms with Gasteiger partial charge in [0.15, 0.2) is 11.5 Å². The fraction of sp³-hybridized carbons (Fsp3) is 0.0800. The van der Waals surface area contributed by atoms with Crippen molar-refractivity contribution in [1.82, 2.24) is 19.9 Å². The Morgan fingerprint density at radius 3 is 2.03 bits per heavy atom. The first-order valence-electron chi connectivity index (χ1n) is 9.92. The van der Waals surface area contributed by atoms with Crippen LogP contribution in [0.3, 0.4) is 0 Å². The summed E-state index contributed by atoms with van der Waals surface area (Å²) in [6, 6.07) is 28.7. The summed E-state index contributed by atoms with van der Waals surface area (Å²) in [6.45, 7) is 0. The summed E-state index contributed by atoms with van der Waals surface area (Å²) >= 11 is 0. The zero-order chi connectivity index (χ0) is 21.1. The molecule has 0 aliphatic heterocycles. The SMILES string of the molecule is COc1ccc(C(Nc2n[c]nc3nc[nH]c23)(c2ccccc2)c2ccccc2)cc1. The summed E-state index contributed by atoms with van der Waals surface area (Å²) < 4.78 is 5.40. The van der Waals surface area contributed by atoms with Crippen molar-refractivity contribution < 1.29 is 4.74 Å². The Balaban J connectivity index is 1.80. The van der Waals surface area contributed by atoms with E-state index in [1.807, 2.05) is 48.5 Å². The number of methoxy groups -OCH3 is 1. The molecule has 0 aliphatic carbocycles. The summed E-state index contributed by atoms with van der Waals surface area (Å²) in [4.78, 5) is 16.0. The van der Waals surface area contributed by atoms with E-state index in [9.17, 15) is 0 Å². The standard InChI is InChI=1S/C25H20N5O/c1-31-21-14-12-20(13-15-21)25(18-8-4-2-5-9-18,19-10-6-3-7-11-19)30-24-22-23(27-16-26-22)28-17-29-24/h2-16H,1H3,(H2,26,27,28,29,30). The molecule has 2 N–H and O–H groups in total. The van der Waals surface area contributed by atoms with Crippen molar-refractivity contribution in [3.63, 3.8) is 0 Å². The van der Waals surface area contributed by atoms with Gasteiger partial charge in [0, 0.05) is 0 Å². The normalized spacial score (nSPS) is 11.4. The van der Waals surface area contributed by atoms with Crippen LogP contribution < -0.4 is 10.1 Å². The number of imidazole rings is 1. The van der Waals surface area contributed by atoms with E-state index in [0.717, 1.165) is 28.0 Å². The van der Waals surface area contributed by atoms with Gasteiger partial charge in [-0.2, -0.15) is 0 Å². The van der Waals surface area contributed by atoms with Crippen LogP contribution in [0.5, 0.6) is 5.75 Å². The van der Waals surface area contributed by atoms with Gasteiger partial charge in [-0.3, -0.25) is 0 Å². The molecule has 2 heterocycles. The number of nitrogens with zero attached hydrogens (tertiary/aromatic N) is 3. The summed E-state index contributed by atoms with van der Waals surface area (Å²) in [5, 5.41) is 3.71. The number of benzene rings is 3. The molecule has 5 aromatic rings. The van der Waals surface area contributed by atoms with E-state index >= 15 is 0 Å². The lowest BCUT2D eigenvalue weighted by atomic mass is 9.77. The molecule has 3 aromatic carbocycles. The lowest BCUT2D eigenvalue weighted by molar-refractivity contribution is 0.414. The molecule has 5 rings (SSSR count). The second kappa shape index (κ2) is 7.91. The molecule has 6 nitrogen and oxygen atoms in total. The van der Waals surface area contributed by atoms with Gasteiger partial charge in [0.1, 0.15) is 16.8 Å². The van der Waals surface area contributed by atoms with Gasteiger partial charge in [-0.25, -0.2) is 15.0 Å². The minimum atomic E-state index is -0.727. The summed E-state index contributed by atoms with van der Waals surface area (Å²) in [5.41, 5.74) is 3.73. The lowest BCUT2D eigenvalue weighted by Crippen LogP contribution is -2.38. The molecule has 0 atom stereocenters. The number of nitrogens with one attached hydrogen (secondary N) is 2. The molecule has 0 aliphatic rings. The average Bonchev–Trinajstić information content (AvgIpc) is 3.34. The van der Waals surface area contributed by atoms with E-state index in [0.29, 0.717) is 11.5 Å². The second-order valence-electron chi connectivity index (χ2n) is 7.11. The van der Waals surface area contributed by atoms with E-state index in [1.54, 1.807) is 13.4 Å². The molecule has 0 unspecified atom stereocenters. The van der Waals surface area contributed by atoms with Crippen LogP contribution in [0.1, 0.15) is 16.7 Å². The Morgan fingerprint density at radius 2 is 1.42 bits per heavy atom. The number of ether oxygens (including phenoxy) is 1. The van der Waals surface area contributed by atoms with Crippen molar-refractivity contribution >= 4 is 17.0 Å². The van der Waals surface area contributed by atoms with Crippen LogP contribution in [0.25, 0.3) is 11.2 Å². The van der Waals surface area contributed by atoms with Crippen molar-refractivity contribution in [3.8, 4) is 5.75 Å². The predicted octanol–water partition coefficient (Wildman–Crippen LogP) is 4.57. The molecular weight excluding hydrogens is 386 g/mol. The van der Waals surface area contributed by atoms with Crippen molar-refractivity contribution in [2.45, 2.75) is 5.54 Å². The summed E-state index contributed by atoms with van der Waals surface area (Å²) in [5.74, 6) is 1.41. The molecule has 151 valence electrons. The molecule has 0 bridgehead atoms. The Bertz CT molecular complexity index is 1240. The highest BCUT2D eigenvalue weighted by molar-refractivity contribution is 5.83. The minimum Gasteiger partial charge on any atom is -0.497 e. The zero-order valence-corrected chi connectivity index (χ0v) is 16.9. The molecular formula is C25H20N5O. The van der Waals surface area contributed by atoms with E-state index < -0.39 is 5.54 Å². The number of aromatic nitrogens is 4. The quantitative estimate of drug-likeness (QED) is 0.404. The van der Waals surface area contributed by atoms with Crippen molar-refractivity contribution in [1.29, 1.82) is 0 Å². The van der Waals surface area contributed by atoms with Crippen molar-refractivity contribution in [2.75, 3.05) is 12.4 Å². The Morgan fingerprint density at radius 1 is 0.806 bits per heavy atom. The van der Waals surface area contributed by atoms with Crippen LogP contribution in [0.4, 0.5) is 5.82 Å². The number of fused-ring (bicyclic) bond motifs is 1. The van der Waals surface area contributed by atoms with E-state index in [2.05, 4.69) is 68.0 Å². The van der Waals surface area contributed by atoms with Crippen LogP contribution >= 0.6 is 0 Å². The first-order chi connectivity index (χ1) is 15.3. The fourth-order valence-electron chi connectivity index (χ4n) is 3.93. The maximum absolute atomic E-state index is 5.40. The maximum Gasteiger partial charge on any atom is 0.202 e. The van der Waals surface area contributed by atoms with Crippen LogP contribution in [0.15, 0.2) is 91.3 Å². The lowest BCUT2D eigenvalue weighted by Gasteiger charge is -2.37. The molecule has 0 saturated heterocycles. The minimum absolute atomic E-state index is 0.558. The number of rotatable bonds is 6.